The first-order valence-electron chi connectivity index (χ1n) is 16.7. The third-order valence-corrected chi connectivity index (χ3v) is 10.6. The van der Waals surface area contributed by atoms with Gasteiger partial charge in [0.1, 0.15) is 34.9 Å². The number of piperidine rings is 1. The van der Waals surface area contributed by atoms with Crippen LogP contribution in [0, 0.1) is 5.92 Å². The second kappa shape index (κ2) is 11.9. The first-order valence-corrected chi connectivity index (χ1v) is 17.5. The van der Waals surface area contributed by atoms with Crippen LogP contribution in [-0.4, -0.2) is 66.2 Å². The maximum atomic E-state index is 14.3. The molecule has 1 unspecified atom stereocenters. The molecular weight excluding hydrogens is 661 g/mol. The molecular formula is C35H40Cl2N11O+. The predicted molar refractivity (Wildman–Crippen MR) is 193 cm³/mol. The molecule has 4 aromatic heterocycles. The zero-order valence-corrected chi connectivity index (χ0v) is 29.5. The van der Waals surface area contributed by atoms with Crippen molar-refractivity contribution < 1.29 is 9.28 Å². The van der Waals surface area contributed by atoms with Crippen molar-refractivity contribution in [3.05, 3.63) is 81.9 Å². The van der Waals surface area contributed by atoms with Crippen molar-refractivity contribution >= 4 is 63.8 Å². The van der Waals surface area contributed by atoms with Crippen molar-refractivity contribution in [1.82, 2.24) is 29.5 Å². The van der Waals surface area contributed by atoms with Gasteiger partial charge in [0, 0.05) is 56.6 Å². The summed E-state index contributed by atoms with van der Waals surface area (Å²) >= 11 is 13.7. The minimum atomic E-state index is -1.14. The monoisotopic (exact) mass is 700 g/mol. The molecule has 8 rings (SSSR count). The fraction of sp³-hybridized carbons (Fsp3) is 0.400. The van der Waals surface area contributed by atoms with Gasteiger partial charge in [-0.05, 0) is 37.3 Å². The Hall–Kier alpha value is -4.39. The summed E-state index contributed by atoms with van der Waals surface area (Å²) in [6, 6.07) is 7.85. The minimum Gasteiger partial charge on any atom is -0.357 e. The van der Waals surface area contributed by atoms with E-state index in [-0.39, 0.29) is 10.4 Å². The highest BCUT2D eigenvalue weighted by atomic mass is 35.5. The van der Waals surface area contributed by atoms with E-state index in [9.17, 15) is 4.79 Å². The van der Waals surface area contributed by atoms with E-state index in [2.05, 4.69) is 53.6 Å². The van der Waals surface area contributed by atoms with E-state index in [4.69, 9.17) is 23.2 Å². The number of hydrogen-bond acceptors (Lipinski definition) is 9. The van der Waals surface area contributed by atoms with Crippen LogP contribution in [0.1, 0.15) is 55.3 Å². The molecule has 4 aromatic rings. The van der Waals surface area contributed by atoms with E-state index in [1.807, 2.05) is 67.9 Å². The molecule has 4 N–H and O–H groups in total. The Bertz CT molecular complexity index is 1910. The van der Waals surface area contributed by atoms with E-state index in [1.165, 1.54) is 25.7 Å². The predicted octanol–water partition coefficient (Wildman–Crippen LogP) is 6.83. The van der Waals surface area contributed by atoms with Crippen LogP contribution in [0.15, 0.2) is 60.5 Å². The number of carbonyl (C=O) groups is 1. The van der Waals surface area contributed by atoms with Crippen LogP contribution < -0.4 is 21.3 Å². The van der Waals surface area contributed by atoms with Gasteiger partial charge < -0.3 is 21.3 Å². The van der Waals surface area contributed by atoms with Crippen LogP contribution in [0.4, 0.5) is 34.6 Å². The van der Waals surface area contributed by atoms with Crippen LogP contribution in [0.5, 0.6) is 0 Å². The quantitative estimate of drug-likeness (QED) is 0.104. The van der Waals surface area contributed by atoms with Crippen LogP contribution in [-0.2, 0) is 18.9 Å². The van der Waals surface area contributed by atoms with Gasteiger partial charge in [0.25, 0.3) is 0 Å². The Balaban J connectivity index is 1.15. The minimum absolute atomic E-state index is 0.0684. The van der Waals surface area contributed by atoms with Gasteiger partial charge in [0.15, 0.2) is 0 Å². The molecule has 49 heavy (non-hydrogen) atoms. The molecule has 1 atom stereocenters. The Kier molecular flexibility index (Phi) is 7.73. The number of pyridine rings is 2. The molecule has 254 valence electrons. The second-order valence-electron chi connectivity index (χ2n) is 14.2. The highest BCUT2D eigenvalue weighted by Gasteiger charge is 2.54. The molecule has 2 saturated carbocycles. The molecule has 0 bridgehead atoms. The number of aryl methyl sites for hydroxylation is 2. The fourth-order valence-corrected chi connectivity index (χ4v) is 7.10. The number of rotatable bonds is 10. The molecule has 14 heteroatoms. The smallest absolute Gasteiger partial charge is 0.325 e. The summed E-state index contributed by atoms with van der Waals surface area (Å²) < 4.78 is 3.90. The van der Waals surface area contributed by atoms with Crippen molar-refractivity contribution in [2.24, 2.45) is 20.0 Å². The molecule has 3 fully saturated rings. The topological polar surface area (TPSA) is 127 Å². The lowest BCUT2D eigenvalue weighted by molar-refractivity contribution is -0.818. The Labute approximate surface area is 295 Å². The molecule has 1 saturated heterocycles. The number of fused-ring (bicyclic) bond motifs is 1. The van der Waals surface area contributed by atoms with E-state index in [1.54, 1.807) is 12.4 Å². The molecule has 0 spiro atoms. The molecule has 0 radical (unpaired) electrons. The van der Waals surface area contributed by atoms with E-state index < -0.39 is 11.6 Å². The van der Waals surface area contributed by atoms with Gasteiger partial charge in [-0.15, -0.1) is 0 Å². The first-order chi connectivity index (χ1) is 23.5. The van der Waals surface area contributed by atoms with Crippen molar-refractivity contribution in [2.45, 2.75) is 49.6 Å². The summed E-state index contributed by atoms with van der Waals surface area (Å²) in [5.41, 5.74) is 3.24. The maximum absolute atomic E-state index is 14.3. The molecule has 5 heterocycles. The largest absolute Gasteiger partial charge is 0.357 e. The van der Waals surface area contributed by atoms with E-state index in [0.717, 1.165) is 35.0 Å². The van der Waals surface area contributed by atoms with Gasteiger partial charge >= 0.3 is 5.91 Å². The number of likely N-dealkylation sites (tertiary alicyclic amines) is 1. The van der Waals surface area contributed by atoms with Crippen LogP contribution >= 0.6 is 23.2 Å². The maximum Gasteiger partial charge on any atom is 0.325 e. The average molecular weight is 702 g/mol. The zero-order chi connectivity index (χ0) is 34.1. The first kappa shape index (κ1) is 31.9. The Morgan fingerprint density at radius 2 is 1.33 bits per heavy atom. The van der Waals surface area contributed by atoms with Crippen molar-refractivity contribution in [3.8, 4) is 0 Å². The van der Waals surface area contributed by atoms with Crippen LogP contribution in [0.25, 0.3) is 0 Å². The summed E-state index contributed by atoms with van der Waals surface area (Å²) in [6.45, 7) is 0.709. The SMILES string of the molecule is Cn1nc(C2CC2)cc1Nc1cc(NC2(Nc3cc(Nc4cc(C5CC5)nn4C)ncc3Cl)C=CC=C3CC[N+](C)(C)C(=O)C32)c(Cl)cn1. The lowest BCUT2D eigenvalue weighted by Crippen LogP contribution is -2.64. The number of anilines is 6. The normalized spacial score (nSPS) is 20.8. The number of hydrogen-bond donors (Lipinski definition) is 4. The highest BCUT2D eigenvalue weighted by molar-refractivity contribution is 6.33. The summed E-state index contributed by atoms with van der Waals surface area (Å²) in [5, 5.41) is 24.3. The number of quaternary nitrogens is 1. The van der Waals surface area contributed by atoms with Gasteiger partial charge in [-0.3, -0.25) is 13.8 Å². The van der Waals surface area contributed by atoms with Crippen molar-refractivity contribution in [1.29, 1.82) is 0 Å². The Morgan fingerprint density at radius 1 is 0.816 bits per heavy atom. The second-order valence-corrected chi connectivity index (χ2v) is 15.0. The standard InChI is InChI=1S/C35H40Cl2N11O/c1-46-31(16-25(44-46)20-7-8-20)40-29-14-27(23(36)18-38-29)42-35(12-5-6-22-11-13-48(3,4)34(49)33(22)35)43-28-15-30(39-19-24(28)37)41-32-17-26(21-9-10-21)45-47(32)2/h5-6,12,14-21,33H,7-11,13H2,1-4H3,(H2,38,40,42)(H2,39,41,43)/q+1. The third-order valence-electron chi connectivity index (χ3n) is 9.99. The van der Waals surface area contributed by atoms with Gasteiger partial charge in [-0.1, -0.05) is 35.4 Å². The van der Waals surface area contributed by atoms with Gasteiger partial charge in [-0.25, -0.2) is 14.8 Å². The third kappa shape index (κ3) is 6.17. The molecule has 3 aliphatic carbocycles. The molecule has 1 aliphatic heterocycles. The summed E-state index contributed by atoms with van der Waals surface area (Å²) in [7, 11) is 7.75. The fourth-order valence-electron chi connectivity index (χ4n) is 6.80. The number of allylic oxidation sites excluding steroid dienone is 2. The number of amides is 1. The van der Waals surface area contributed by atoms with Crippen LogP contribution in [0.3, 0.4) is 0 Å². The molecule has 4 aliphatic rings. The molecule has 12 nitrogen and oxygen atoms in total. The number of nitrogens with one attached hydrogen (secondary N) is 4. The molecule has 0 aromatic carbocycles. The summed E-state index contributed by atoms with van der Waals surface area (Å²) in [5.74, 6) is 3.40. The molecule has 1 amide bonds. The lowest BCUT2D eigenvalue weighted by Gasteiger charge is -2.47. The van der Waals surface area contributed by atoms with Gasteiger partial charge in [0.05, 0.1) is 65.8 Å². The summed E-state index contributed by atoms with van der Waals surface area (Å²) in [6.07, 6.45) is 14.7. The van der Waals surface area contributed by atoms with Gasteiger partial charge in [0.2, 0.25) is 0 Å². The van der Waals surface area contributed by atoms with E-state index in [0.29, 0.717) is 51.4 Å². The number of carbonyl (C=O) groups excluding carboxylic acids is 1. The van der Waals surface area contributed by atoms with Crippen molar-refractivity contribution in [2.75, 3.05) is 41.9 Å². The number of halogens is 2. The van der Waals surface area contributed by atoms with E-state index >= 15 is 0 Å². The lowest BCUT2D eigenvalue weighted by atomic mass is 9.76. The average Bonchev–Trinajstić information content (AvgIpc) is 4.00. The van der Waals surface area contributed by atoms with Gasteiger partial charge in [-0.2, -0.15) is 10.2 Å². The Morgan fingerprint density at radius 3 is 1.82 bits per heavy atom. The zero-order valence-electron chi connectivity index (χ0n) is 28.0. The summed E-state index contributed by atoms with van der Waals surface area (Å²) in [4.78, 5) is 23.5. The number of nitrogens with zero attached hydrogens (tertiary/aromatic N) is 7. The van der Waals surface area contributed by atoms with Crippen molar-refractivity contribution in [3.63, 3.8) is 0 Å². The number of aromatic nitrogens is 6. The highest BCUT2D eigenvalue weighted by Crippen LogP contribution is 2.44. The van der Waals surface area contributed by atoms with Crippen LogP contribution in [0.2, 0.25) is 10.0 Å².